The van der Waals surface area contributed by atoms with E-state index in [1.807, 2.05) is 0 Å². The van der Waals surface area contributed by atoms with E-state index in [0.717, 1.165) is 25.7 Å². The first-order chi connectivity index (χ1) is 8.59. The zero-order chi connectivity index (χ0) is 13.1. The Kier molecular flexibility index (Phi) is 3.97. The second-order valence-corrected chi connectivity index (χ2v) is 4.96. The van der Waals surface area contributed by atoms with Crippen molar-refractivity contribution in [1.82, 2.24) is 0 Å². The molecule has 18 heavy (non-hydrogen) atoms. The van der Waals surface area contributed by atoms with Crippen LogP contribution < -0.4 is 11.1 Å². The van der Waals surface area contributed by atoms with Gasteiger partial charge in [0.25, 0.3) is 0 Å². The Morgan fingerprint density at radius 3 is 2.83 bits per heavy atom. The van der Waals surface area contributed by atoms with Gasteiger partial charge in [0, 0.05) is 17.3 Å². The molecule has 2 atom stereocenters. The van der Waals surface area contributed by atoms with Crippen LogP contribution in [-0.2, 0) is 4.79 Å². The van der Waals surface area contributed by atoms with Gasteiger partial charge in [-0.15, -0.1) is 0 Å². The highest BCUT2D eigenvalue weighted by Gasteiger charge is 2.28. The van der Waals surface area contributed by atoms with Crippen LogP contribution in [-0.4, -0.2) is 11.9 Å². The number of carbonyl (C=O) groups excluding carboxylic acids is 1. The Balaban J connectivity index is 2.09. The van der Waals surface area contributed by atoms with Gasteiger partial charge in [0.2, 0.25) is 5.91 Å². The van der Waals surface area contributed by atoms with E-state index in [1.54, 1.807) is 19.1 Å². The topological polar surface area (TPSA) is 55.1 Å². The van der Waals surface area contributed by atoms with Gasteiger partial charge in [-0.05, 0) is 31.9 Å². The first-order valence-electron chi connectivity index (χ1n) is 6.41. The molecule has 1 saturated carbocycles. The zero-order valence-electron chi connectivity index (χ0n) is 10.6. The number of rotatable bonds is 2. The monoisotopic (exact) mass is 250 g/mol. The molecule has 3 N–H and O–H groups in total. The van der Waals surface area contributed by atoms with Gasteiger partial charge in [-0.25, -0.2) is 4.39 Å². The molecule has 2 unspecified atom stereocenters. The van der Waals surface area contributed by atoms with E-state index in [2.05, 4.69) is 5.32 Å². The van der Waals surface area contributed by atoms with Gasteiger partial charge in [-0.2, -0.15) is 0 Å². The molecule has 3 nitrogen and oxygen atoms in total. The van der Waals surface area contributed by atoms with Crippen LogP contribution in [0, 0.1) is 18.7 Å². The highest BCUT2D eigenvalue weighted by molar-refractivity contribution is 5.93. The Morgan fingerprint density at radius 2 is 2.11 bits per heavy atom. The first-order valence-corrected chi connectivity index (χ1v) is 6.41. The van der Waals surface area contributed by atoms with Gasteiger partial charge in [0.05, 0.1) is 5.92 Å². The second kappa shape index (κ2) is 5.48. The number of carbonyl (C=O) groups is 1. The number of anilines is 1. The molecule has 0 bridgehead atoms. The standard InChI is InChI=1S/C14H19FN2O/c1-9-11(15)6-4-8-13(9)17-14(18)10-5-2-3-7-12(10)16/h4,6,8,10,12H,2-3,5,7,16H2,1H3,(H,17,18). The lowest BCUT2D eigenvalue weighted by Crippen LogP contribution is -2.40. The van der Waals surface area contributed by atoms with Crippen molar-refractivity contribution < 1.29 is 9.18 Å². The summed E-state index contributed by atoms with van der Waals surface area (Å²) in [6, 6.07) is 4.62. The molecule has 1 amide bonds. The predicted octanol–water partition coefficient (Wildman–Crippen LogP) is 2.59. The summed E-state index contributed by atoms with van der Waals surface area (Å²) in [6.07, 6.45) is 3.83. The molecular formula is C14H19FN2O. The van der Waals surface area contributed by atoms with Crippen LogP contribution in [0.2, 0.25) is 0 Å². The minimum Gasteiger partial charge on any atom is -0.327 e. The minimum absolute atomic E-state index is 0.0763. The molecule has 98 valence electrons. The van der Waals surface area contributed by atoms with E-state index in [0.29, 0.717) is 11.3 Å². The molecule has 0 radical (unpaired) electrons. The maximum absolute atomic E-state index is 13.4. The fourth-order valence-corrected chi connectivity index (χ4v) is 2.45. The van der Waals surface area contributed by atoms with Crippen molar-refractivity contribution in [3.05, 3.63) is 29.6 Å². The molecule has 4 heteroatoms. The largest absolute Gasteiger partial charge is 0.327 e. The van der Waals surface area contributed by atoms with E-state index >= 15 is 0 Å². The summed E-state index contributed by atoms with van der Waals surface area (Å²) in [7, 11) is 0. The van der Waals surface area contributed by atoms with Gasteiger partial charge in [0.15, 0.2) is 0 Å². The molecule has 1 aromatic rings. The van der Waals surface area contributed by atoms with Crippen LogP contribution in [0.15, 0.2) is 18.2 Å². The van der Waals surface area contributed by atoms with Crippen LogP contribution in [0.3, 0.4) is 0 Å². The van der Waals surface area contributed by atoms with E-state index in [-0.39, 0.29) is 23.7 Å². The molecule has 0 spiro atoms. The van der Waals surface area contributed by atoms with Crippen LogP contribution in [0.1, 0.15) is 31.2 Å². The van der Waals surface area contributed by atoms with Crippen molar-refractivity contribution >= 4 is 11.6 Å². The molecular weight excluding hydrogens is 231 g/mol. The molecule has 1 aromatic carbocycles. The summed E-state index contributed by atoms with van der Waals surface area (Å²) >= 11 is 0. The van der Waals surface area contributed by atoms with Crippen molar-refractivity contribution in [2.45, 2.75) is 38.6 Å². The average Bonchev–Trinajstić information content (AvgIpc) is 2.35. The fourth-order valence-electron chi connectivity index (χ4n) is 2.45. The van der Waals surface area contributed by atoms with Crippen molar-refractivity contribution in [2.75, 3.05) is 5.32 Å². The van der Waals surface area contributed by atoms with Crippen LogP contribution >= 0.6 is 0 Å². The van der Waals surface area contributed by atoms with Gasteiger partial charge in [-0.1, -0.05) is 18.9 Å². The Labute approximate surface area is 107 Å². The number of halogens is 1. The van der Waals surface area contributed by atoms with Crippen molar-refractivity contribution in [3.63, 3.8) is 0 Å². The summed E-state index contributed by atoms with van der Waals surface area (Å²) in [5.41, 5.74) is 6.97. The molecule has 2 rings (SSSR count). The van der Waals surface area contributed by atoms with Crippen molar-refractivity contribution in [1.29, 1.82) is 0 Å². The van der Waals surface area contributed by atoms with Crippen molar-refractivity contribution in [3.8, 4) is 0 Å². The van der Waals surface area contributed by atoms with Gasteiger partial charge >= 0.3 is 0 Å². The molecule has 1 aliphatic carbocycles. The molecule has 0 aromatic heterocycles. The third-order valence-corrected chi connectivity index (χ3v) is 3.68. The third kappa shape index (κ3) is 2.70. The van der Waals surface area contributed by atoms with Gasteiger partial charge in [0.1, 0.15) is 5.82 Å². The molecule has 1 fully saturated rings. The number of nitrogens with one attached hydrogen (secondary N) is 1. The maximum atomic E-state index is 13.4. The lowest BCUT2D eigenvalue weighted by Gasteiger charge is -2.27. The predicted molar refractivity (Wildman–Crippen MR) is 69.7 cm³/mol. The highest BCUT2D eigenvalue weighted by Crippen LogP contribution is 2.25. The lowest BCUT2D eigenvalue weighted by molar-refractivity contribution is -0.121. The van der Waals surface area contributed by atoms with E-state index in [1.165, 1.54) is 6.07 Å². The zero-order valence-corrected chi connectivity index (χ0v) is 10.6. The van der Waals surface area contributed by atoms with Gasteiger partial charge in [-0.3, -0.25) is 4.79 Å². The number of hydrogen-bond donors (Lipinski definition) is 2. The van der Waals surface area contributed by atoms with Crippen LogP contribution in [0.4, 0.5) is 10.1 Å². The number of hydrogen-bond acceptors (Lipinski definition) is 2. The number of nitrogens with two attached hydrogens (primary N) is 1. The number of benzene rings is 1. The Bertz CT molecular complexity index is 447. The summed E-state index contributed by atoms with van der Waals surface area (Å²) < 4.78 is 13.4. The number of amides is 1. The fraction of sp³-hybridized carbons (Fsp3) is 0.500. The quantitative estimate of drug-likeness (QED) is 0.847. The highest BCUT2D eigenvalue weighted by atomic mass is 19.1. The second-order valence-electron chi connectivity index (χ2n) is 4.96. The van der Waals surface area contributed by atoms with E-state index in [9.17, 15) is 9.18 Å². The van der Waals surface area contributed by atoms with E-state index < -0.39 is 0 Å². The molecule has 0 aliphatic heterocycles. The minimum atomic E-state index is -0.305. The Hall–Kier alpha value is -1.42. The normalized spacial score (nSPS) is 23.7. The van der Waals surface area contributed by atoms with Crippen molar-refractivity contribution in [2.24, 2.45) is 11.7 Å². The lowest BCUT2D eigenvalue weighted by atomic mass is 9.84. The summed E-state index contributed by atoms with van der Waals surface area (Å²) in [5.74, 6) is -0.543. The molecule has 1 aliphatic rings. The third-order valence-electron chi connectivity index (χ3n) is 3.68. The van der Waals surface area contributed by atoms with Gasteiger partial charge < -0.3 is 11.1 Å². The summed E-state index contributed by atoms with van der Waals surface area (Å²) in [5, 5.41) is 2.79. The summed E-state index contributed by atoms with van der Waals surface area (Å²) in [4.78, 5) is 12.1. The summed E-state index contributed by atoms with van der Waals surface area (Å²) in [6.45, 7) is 1.66. The average molecular weight is 250 g/mol. The maximum Gasteiger partial charge on any atom is 0.229 e. The van der Waals surface area contributed by atoms with Crippen LogP contribution in [0.25, 0.3) is 0 Å². The van der Waals surface area contributed by atoms with E-state index in [4.69, 9.17) is 5.73 Å². The van der Waals surface area contributed by atoms with Crippen LogP contribution in [0.5, 0.6) is 0 Å². The molecule has 0 heterocycles. The smallest absolute Gasteiger partial charge is 0.229 e. The SMILES string of the molecule is Cc1c(F)cccc1NC(=O)C1CCCCC1N. The molecule has 0 saturated heterocycles. The Morgan fingerprint density at radius 1 is 1.39 bits per heavy atom. The first kappa shape index (κ1) is 13.0.